The lowest BCUT2D eigenvalue weighted by molar-refractivity contribution is -0.135. The number of carbonyl (C=O) groups is 2. The molecule has 3 N–H and O–H groups in total. The number of nitrogens with zero attached hydrogens (tertiary/aromatic N) is 2. The number of carboxylic acid groups (broad SMARTS) is 1. The van der Waals surface area contributed by atoms with E-state index in [0.29, 0.717) is 5.56 Å². The summed E-state index contributed by atoms with van der Waals surface area (Å²) in [6.07, 6.45) is 0. The molecule has 0 bridgehead atoms. The van der Waals surface area contributed by atoms with Crippen molar-refractivity contribution in [1.82, 2.24) is 14.5 Å². The molecule has 0 unspecified atom stereocenters. The standard InChI is InChI=1S/C20H23N3O6/c1-11(2)14-7-5-13(6-8-14)10-22-18(27)16(17(26)21-9-15(24)25)19(28)23(12(3)4)20(22)29/h5-8,12,28H,1,9-10H2,2-4H3,(H,21,26)(H,24,25). The molecule has 29 heavy (non-hydrogen) atoms. The van der Waals surface area contributed by atoms with E-state index in [1.165, 1.54) is 0 Å². The number of amides is 1. The number of carboxylic acids is 1. The first kappa shape index (κ1) is 21.7. The molecule has 1 amide bonds. The van der Waals surface area contributed by atoms with Gasteiger partial charge in [0.2, 0.25) is 5.88 Å². The fraction of sp³-hybridized carbons (Fsp3) is 0.300. The summed E-state index contributed by atoms with van der Waals surface area (Å²) in [5.74, 6) is -3.18. The minimum atomic E-state index is -1.31. The molecule has 9 nitrogen and oxygen atoms in total. The number of nitrogens with one attached hydrogen (secondary N) is 1. The van der Waals surface area contributed by atoms with E-state index in [-0.39, 0.29) is 6.54 Å². The Hall–Kier alpha value is -3.62. The van der Waals surface area contributed by atoms with Gasteiger partial charge in [-0.05, 0) is 31.9 Å². The lowest BCUT2D eigenvalue weighted by Gasteiger charge is -2.18. The highest BCUT2D eigenvalue weighted by atomic mass is 16.4. The van der Waals surface area contributed by atoms with Crippen LogP contribution in [0, 0.1) is 0 Å². The predicted octanol–water partition coefficient (Wildman–Crippen LogP) is 1.19. The van der Waals surface area contributed by atoms with Crippen LogP contribution in [0.5, 0.6) is 5.88 Å². The third-order valence-corrected chi connectivity index (χ3v) is 4.28. The number of carbonyl (C=O) groups excluding carboxylic acids is 1. The Morgan fingerprint density at radius 2 is 1.76 bits per heavy atom. The van der Waals surface area contributed by atoms with Gasteiger partial charge in [0.1, 0.15) is 6.54 Å². The fourth-order valence-electron chi connectivity index (χ4n) is 2.78. The molecule has 0 aliphatic rings. The second-order valence-corrected chi connectivity index (χ2v) is 6.89. The van der Waals surface area contributed by atoms with Crippen LogP contribution >= 0.6 is 0 Å². The Kier molecular flexibility index (Phi) is 6.42. The molecule has 0 aliphatic heterocycles. The quantitative estimate of drug-likeness (QED) is 0.639. The summed E-state index contributed by atoms with van der Waals surface area (Å²) in [5, 5.41) is 21.1. The second kappa shape index (κ2) is 8.59. The Balaban J connectivity index is 2.60. The molecular weight excluding hydrogens is 378 g/mol. The SMILES string of the molecule is C=C(C)c1ccc(Cn2c(=O)c(C(=O)NCC(=O)O)c(O)n(C(C)C)c2=O)cc1. The average molecular weight is 401 g/mol. The van der Waals surface area contributed by atoms with Crippen LogP contribution in [0.15, 0.2) is 40.4 Å². The highest BCUT2D eigenvalue weighted by Crippen LogP contribution is 2.17. The molecular formula is C20H23N3O6. The van der Waals surface area contributed by atoms with Gasteiger partial charge in [0, 0.05) is 6.04 Å². The molecule has 2 aromatic rings. The maximum Gasteiger partial charge on any atom is 0.334 e. The zero-order valence-corrected chi connectivity index (χ0v) is 16.4. The third-order valence-electron chi connectivity index (χ3n) is 4.28. The predicted molar refractivity (Wildman–Crippen MR) is 107 cm³/mol. The maximum atomic E-state index is 12.8. The minimum Gasteiger partial charge on any atom is -0.494 e. The summed E-state index contributed by atoms with van der Waals surface area (Å²) in [4.78, 5) is 48.6. The van der Waals surface area contributed by atoms with Crippen molar-refractivity contribution in [3.63, 3.8) is 0 Å². The van der Waals surface area contributed by atoms with Gasteiger partial charge in [-0.3, -0.25) is 23.5 Å². The summed E-state index contributed by atoms with van der Waals surface area (Å²) in [6, 6.07) is 6.50. The summed E-state index contributed by atoms with van der Waals surface area (Å²) in [6.45, 7) is 8.05. The first-order valence-electron chi connectivity index (χ1n) is 8.87. The van der Waals surface area contributed by atoms with Crippen molar-refractivity contribution in [2.24, 2.45) is 0 Å². The highest BCUT2D eigenvalue weighted by molar-refractivity contribution is 5.97. The molecule has 0 radical (unpaired) electrons. The van der Waals surface area contributed by atoms with E-state index in [9.17, 15) is 24.3 Å². The molecule has 1 aromatic carbocycles. The smallest absolute Gasteiger partial charge is 0.334 e. The molecule has 0 saturated carbocycles. The Bertz CT molecular complexity index is 1080. The van der Waals surface area contributed by atoms with Crippen LogP contribution in [-0.2, 0) is 11.3 Å². The fourth-order valence-corrected chi connectivity index (χ4v) is 2.78. The molecule has 0 spiro atoms. The molecule has 1 heterocycles. The molecule has 0 saturated heterocycles. The molecule has 9 heteroatoms. The number of aliphatic carboxylic acids is 1. The molecule has 0 atom stereocenters. The van der Waals surface area contributed by atoms with Crippen LogP contribution in [0.3, 0.4) is 0 Å². The minimum absolute atomic E-state index is 0.125. The van der Waals surface area contributed by atoms with Crippen LogP contribution in [-0.4, -0.2) is 37.8 Å². The van der Waals surface area contributed by atoms with Crippen molar-refractivity contribution in [3.05, 3.63) is 68.4 Å². The van der Waals surface area contributed by atoms with Gasteiger partial charge in [-0.2, -0.15) is 0 Å². The van der Waals surface area contributed by atoms with Crippen molar-refractivity contribution in [2.75, 3.05) is 6.54 Å². The van der Waals surface area contributed by atoms with Crippen LogP contribution < -0.4 is 16.6 Å². The van der Waals surface area contributed by atoms with E-state index >= 15 is 0 Å². The topological polar surface area (TPSA) is 131 Å². The summed E-state index contributed by atoms with van der Waals surface area (Å²) >= 11 is 0. The van der Waals surface area contributed by atoms with Gasteiger partial charge in [-0.1, -0.05) is 36.4 Å². The van der Waals surface area contributed by atoms with Gasteiger partial charge in [0.05, 0.1) is 6.54 Å². The van der Waals surface area contributed by atoms with E-state index in [1.807, 2.05) is 12.2 Å². The number of aromatic nitrogens is 2. The number of allylic oxidation sites excluding steroid dienone is 1. The molecule has 0 fully saturated rings. The Morgan fingerprint density at radius 3 is 2.24 bits per heavy atom. The molecule has 1 aromatic heterocycles. The van der Waals surface area contributed by atoms with Gasteiger partial charge >= 0.3 is 11.7 Å². The van der Waals surface area contributed by atoms with Crippen molar-refractivity contribution in [3.8, 4) is 5.88 Å². The first-order chi connectivity index (χ1) is 13.5. The molecule has 2 rings (SSSR count). The van der Waals surface area contributed by atoms with E-state index in [2.05, 4.69) is 6.58 Å². The maximum absolute atomic E-state index is 12.8. The average Bonchev–Trinajstić information content (AvgIpc) is 2.63. The lowest BCUT2D eigenvalue weighted by atomic mass is 10.1. The van der Waals surface area contributed by atoms with Crippen molar-refractivity contribution >= 4 is 17.4 Å². The number of rotatable bonds is 7. The first-order valence-corrected chi connectivity index (χ1v) is 8.87. The number of hydrogen-bond acceptors (Lipinski definition) is 5. The van der Waals surface area contributed by atoms with E-state index in [0.717, 1.165) is 20.3 Å². The van der Waals surface area contributed by atoms with Crippen LogP contribution in [0.4, 0.5) is 0 Å². The number of hydrogen-bond donors (Lipinski definition) is 3. The van der Waals surface area contributed by atoms with E-state index in [1.54, 1.807) is 38.1 Å². The highest BCUT2D eigenvalue weighted by Gasteiger charge is 2.25. The van der Waals surface area contributed by atoms with Gasteiger partial charge in [0.15, 0.2) is 5.56 Å². The Labute approximate surface area is 166 Å². The normalized spacial score (nSPS) is 10.8. The van der Waals surface area contributed by atoms with Crippen molar-refractivity contribution < 1.29 is 19.8 Å². The van der Waals surface area contributed by atoms with Crippen LogP contribution in [0.2, 0.25) is 0 Å². The second-order valence-electron chi connectivity index (χ2n) is 6.89. The third kappa shape index (κ3) is 4.63. The van der Waals surface area contributed by atoms with Gasteiger partial charge in [0.25, 0.3) is 11.5 Å². The van der Waals surface area contributed by atoms with Gasteiger partial charge in [-0.15, -0.1) is 0 Å². The van der Waals surface area contributed by atoms with E-state index in [4.69, 9.17) is 5.11 Å². The monoisotopic (exact) mass is 401 g/mol. The summed E-state index contributed by atoms with van der Waals surface area (Å²) in [5.41, 5.74) is -0.0687. The van der Waals surface area contributed by atoms with Crippen molar-refractivity contribution in [1.29, 1.82) is 0 Å². The van der Waals surface area contributed by atoms with Crippen LogP contribution in [0.1, 0.15) is 48.3 Å². The number of aromatic hydroxyl groups is 1. The van der Waals surface area contributed by atoms with Crippen LogP contribution in [0.25, 0.3) is 5.57 Å². The Morgan fingerprint density at radius 1 is 1.17 bits per heavy atom. The summed E-state index contributed by atoms with van der Waals surface area (Å²) < 4.78 is 1.75. The largest absolute Gasteiger partial charge is 0.494 e. The zero-order chi connectivity index (χ0) is 21.9. The van der Waals surface area contributed by atoms with Gasteiger partial charge in [-0.25, -0.2) is 4.79 Å². The van der Waals surface area contributed by atoms with Crippen molar-refractivity contribution in [2.45, 2.75) is 33.4 Å². The number of benzene rings is 1. The summed E-state index contributed by atoms with van der Waals surface area (Å²) in [7, 11) is 0. The molecule has 154 valence electrons. The zero-order valence-electron chi connectivity index (χ0n) is 16.4. The van der Waals surface area contributed by atoms with E-state index < -0.39 is 47.2 Å². The van der Waals surface area contributed by atoms with Gasteiger partial charge < -0.3 is 15.5 Å². The molecule has 0 aliphatic carbocycles. The lowest BCUT2D eigenvalue weighted by Crippen LogP contribution is -2.45.